The Morgan fingerprint density at radius 1 is 1.41 bits per heavy atom. The maximum absolute atomic E-state index is 11.9. The Hall–Kier alpha value is -1.10. The van der Waals surface area contributed by atoms with Crippen molar-refractivity contribution in [2.24, 2.45) is 5.41 Å². The van der Waals surface area contributed by atoms with Gasteiger partial charge in [-0.3, -0.25) is 4.79 Å². The number of rotatable bonds is 0. The average Bonchev–Trinajstić information content (AvgIpc) is 2.13. The number of likely N-dealkylation sites (tertiary alicyclic amines) is 1. The monoisotopic (exact) mass is 240 g/mol. The minimum Gasteiger partial charge on any atom is -0.444 e. The van der Waals surface area contributed by atoms with E-state index < -0.39 is 5.60 Å². The average molecular weight is 240 g/mol. The molecule has 0 radical (unpaired) electrons. The van der Waals surface area contributed by atoms with Crippen LogP contribution in [0.5, 0.6) is 0 Å². The number of nitrogens with zero attached hydrogens (tertiary/aromatic N) is 1. The van der Waals surface area contributed by atoms with Crippen LogP contribution in [0, 0.1) is 5.41 Å². The van der Waals surface area contributed by atoms with Gasteiger partial charge in [0.25, 0.3) is 0 Å². The van der Waals surface area contributed by atoms with Crippen LogP contribution < -0.4 is 5.32 Å². The summed E-state index contributed by atoms with van der Waals surface area (Å²) in [6.07, 6.45) is 0.136. The third-order valence-corrected chi connectivity index (χ3v) is 3.27. The largest absolute Gasteiger partial charge is 0.444 e. The van der Waals surface area contributed by atoms with E-state index >= 15 is 0 Å². The van der Waals surface area contributed by atoms with Gasteiger partial charge in [-0.2, -0.15) is 0 Å². The van der Waals surface area contributed by atoms with E-state index in [-0.39, 0.29) is 17.3 Å². The van der Waals surface area contributed by atoms with E-state index in [0.29, 0.717) is 32.6 Å². The summed E-state index contributed by atoms with van der Waals surface area (Å²) in [7, 11) is 0. The number of ketones is 1. The van der Waals surface area contributed by atoms with Crippen molar-refractivity contribution < 1.29 is 14.3 Å². The summed E-state index contributed by atoms with van der Waals surface area (Å²) in [5, 5.41) is 3.11. The first-order valence-electron chi connectivity index (χ1n) is 6.04. The van der Waals surface area contributed by atoms with Gasteiger partial charge in [-0.05, 0) is 20.8 Å². The van der Waals surface area contributed by atoms with E-state index in [1.807, 2.05) is 20.8 Å². The molecule has 2 rings (SSSR count). The Bertz CT molecular complexity index is 342. The molecule has 2 saturated heterocycles. The van der Waals surface area contributed by atoms with Crippen molar-refractivity contribution >= 4 is 11.9 Å². The first-order chi connectivity index (χ1) is 7.82. The zero-order valence-electron chi connectivity index (χ0n) is 10.7. The van der Waals surface area contributed by atoms with E-state index in [2.05, 4.69) is 5.32 Å². The van der Waals surface area contributed by atoms with Gasteiger partial charge in [0.15, 0.2) is 0 Å². The third-order valence-electron chi connectivity index (χ3n) is 3.27. The second-order valence-electron chi connectivity index (χ2n) is 5.96. The summed E-state index contributed by atoms with van der Waals surface area (Å²) in [6.45, 7) is 7.89. The maximum atomic E-state index is 11.9. The number of carbonyl (C=O) groups is 2. The molecule has 0 aromatic carbocycles. The van der Waals surface area contributed by atoms with Crippen molar-refractivity contribution in [1.29, 1.82) is 0 Å². The molecule has 2 fully saturated rings. The lowest BCUT2D eigenvalue weighted by atomic mass is 9.74. The Morgan fingerprint density at radius 2 is 2.06 bits per heavy atom. The second-order valence-corrected chi connectivity index (χ2v) is 5.96. The van der Waals surface area contributed by atoms with Gasteiger partial charge in [-0.25, -0.2) is 4.79 Å². The predicted octanol–water partition coefficient (Wildman–Crippen LogP) is 0.786. The molecule has 2 heterocycles. The lowest BCUT2D eigenvalue weighted by molar-refractivity contribution is -0.136. The fraction of sp³-hybridized carbons (Fsp3) is 0.833. The van der Waals surface area contributed by atoms with Crippen molar-refractivity contribution in [3.63, 3.8) is 0 Å². The van der Waals surface area contributed by atoms with Crippen LogP contribution in [-0.2, 0) is 9.53 Å². The number of carbonyl (C=O) groups excluding carboxylic acids is 2. The van der Waals surface area contributed by atoms with Gasteiger partial charge in [0, 0.05) is 32.6 Å². The molecule has 0 unspecified atom stereocenters. The van der Waals surface area contributed by atoms with Crippen molar-refractivity contribution in [3.05, 3.63) is 0 Å². The minimum atomic E-state index is -0.483. The Morgan fingerprint density at radius 3 is 2.53 bits per heavy atom. The molecule has 0 bridgehead atoms. The topological polar surface area (TPSA) is 58.6 Å². The molecule has 96 valence electrons. The van der Waals surface area contributed by atoms with Crippen LogP contribution in [0.15, 0.2) is 0 Å². The first-order valence-corrected chi connectivity index (χ1v) is 6.04. The summed E-state index contributed by atoms with van der Waals surface area (Å²) in [5.41, 5.74) is -0.821. The standard InChI is InChI=1S/C12H20N2O3/c1-11(2,3)17-10(16)14-5-4-9(15)12(8-14)6-13-7-12/h13H,4-8H2,1-3H3. The summed E-state index contributed by atoms with van der Waals surface area (Å²) < 4.78 is 5.33. The van der Waals surface area contributed by atoms with E-state index in [1.54, 1.807) is 4.90 Å². The highest BCUT2D eigenvalue weighted by atomic mass is 16.6. The molecule has 0 aromatic heterocycles. The van der Waals surface area contributed by atoms with Crippen LogP contribution in [0.2, 0.25) is 0 Å². The fourth-order valence-electron chi connectivity index (χ4n) is 2.25. The van der Waals surface area contributed by atoms with Gasteiger partial charge in [-0.15, -0.1) is 0 Å². The van der Waals surface area contributed by atoms with Crippen LogP contribution in [0.3, 0.4) is 0 Å². The SMILES string of the molecule is CC(C)(C)OC(=O)N1CCC(=O)C2(CNC2)C1. The lowest BCUT2D eigenvalue weighted by Gasteiger charge is -2.47. The predicted molar refractivity (Wildman–Crippen MR) is 62.7 cm³/mol. The van der Waals surface area contributed by atoms with E-state index in [1.165, 1.54) is 0 Å². The second kappa shape index (κ2) is 3.98. The van der Waals surface area contributed by atoms with Crippen molar-refractivity contribution in [2.75, 3.05) is 26.2 Å². The van der Waals surface area contributed by atoms with Crippen LogP contribution in [-0.4, -0.2) is 48.6 Å². The van der Waals surface area contributed by atoms with Crippen LogP contribution in [0.1, 0.15) is 27.2 Å². The zero-order valence-corrected chi connectivity index (χ0v) is 10.7. The van der Waals surface area contributed by atoms with Crippen molar-refractivity contribution in [2.45, 2.75) is 32.8 Å². The zero-order chi connectivity index (χ0) is 12.7. The van der Waals surface area contributed by atoms with Gasteiger partial charge in [0.2, 0.25) is 0 Å². The smallest absolute Gasteiger partial charge is 0.410 e. The van der Waals surface area contributed by atoms with Crippen LogP contribution in [0.25, 0.3) is 0 Å². The Labute approximate surface area is 101 Å². The number of hydrogen-bond acceptors (Lipinski definition) is 4. The Kier molecular flexibility index (Phi) is 2.89. The molecule has 1 N–H and O–H groups in total. The molecule has 1 amide bonds. The molecule has 0 atom stereocenters. The highest BCUT2D eigenvalue weighted by molar-refractivity contribution is 5.89. The minimum absolute atomic E-state index is 0.274. The number of ether oxygens (including phenoxy) is 1. The number of piperidine rings is 1. The quantitative estimate of drug-likeness (QED) is 0.680. The van der Waals surface area contributed by atoms with E-state index in [0.717, 1.165) is 0 Å². The van der Waals surface area contributed by atoms with Crippen LogP contribution >= 0.6 is 0 Å². The molecule has 5 nitrogen and oxygen atoms in total. The van der Waals surface area contributed by atoms with Gasteiger partial charge in [-0.1, -0.05) is 0 Å². The lowest BCUT2D eigenvalue weighted by Crippen LogP contribution is -2.66. The molecule has 2 aliphatic heterocycles. The molecular weight excluding hydrogens is 220 g/mol. The number of amides is 1. The Balaban J connectivity index is 1.99. The summed E-state index contributed by atoms with van der Waals surface area (Å²) in [5.74, 6) is 0.274. The van der Waals surface area contributed by atoms with Crippen molar-refractivity contribution in [1.82, 2.24) is 10.2 Å². The molecular formula is C12H20N2O3. The number of Topliss-reactive ketones (excluding diaryl/α,β-unsaturated/α-hetero) is 1. The van der Waals surface area contributed by atoms with Gasteiger partial charge in [0.05, 0.1) is 5.41 Å². The molecule has 1 spiro atoms. The first kappa shape index (κ1) is 12.4. The molecule has 17 heavy (non-hydrogen) atoms. The normalized spacial score (nSPS) is 23.5. The number of nitrogens with one attached hydrogen (secondary N) is 1. The fourth-order valence-corrected chi connectivity index (χ4v) is 2.25. The van der Waals surface area contributed by atoms with E-state index in [9.17, 15) is 9.59 Å². The summed E-state index contributed by atoms with van der Waals surface area (Å²) in [6, 6.07) is 0. The summed E-state index contributed by atoms with van der Waals surface area (Å²) >= 11 is 0. The molecule has 5 heteroatoms. The van der Waals surface area contributed by atoms with Crippen molar-refractivity contribution in [3.8, 4) is 0 Å². The molecule has 2 aliphatic rings. The highest BCUT2D eigenvalue weighted by Gasteiger charge is 2.48. The van der Waals surface area contributed by atoms with Gasteiger partial charge in [0.1, 0.15) is 11.4 Å². The van der Waals surface area contributed by atoms with E-state index in [4.69, 9.17) is 4.74 Å². The van der Waals surface area contributed by atoms with Crippen LogP contribution in [0.4, 0.5) is 4.79 Å². The number of hydrogen-bond donors (Lipinski definition) is 1. The maximum Gasteiger partial charge on any atom is 0.410 e. The summed E-state index contributed by atoms with van der Waals surface area (Å²) in [4.78, 5) is 25.4. The van der Waals surface area contributed by atoms with Gasteiger partial charge >= 0.3 is 6.09 Å². The molecule has 0 aliphatic carbocycles. The molecule has 0 saturated carbocycles. The highest BCUT2D eigenvalue weighted by Crippen LogP contribution is 2.31. The van der Waals surface area contributed by atoms with Gasteiger partial charge < -0.3 is 15.0 Å². The molecule has 0 aromatic rings. The third kappa shape index (κ3) is 2.44.